The molecule has 3 aromatic carbocycles. The van der Waals surface area contributed by atoms with Crippen molar-refractivity contribution in [2.24, 2.45) is 0 Å². The van der Waals surface area contributed by atoms with Gasteiger partial charge in [0.15, 0.2) is 0 Å². The third-order valence-corrected chi connectivity index (χ3v) is 7.17. The van der Waals surface area contributed by atoms with Crippen LogP contribution in [-0.2, 0) is 16.2 Å². The van der Waals surface area contributed by atoms with E-state index in [9.17, 15) is 34.8 Å². The fourth-order valence-corrected chi connectivity index (χ4v) is 4.79. The van der Waals surface area contributed by atoms with E-state index < -0.39 is 27.3 Å². The van der Waals surface area contributed by atoms with Crippen molar-refractivity contribution in [2.75, 3.05) is 4.72 Å². The van der Waals surface area contributed by atoms with Crippen LogP contribution >= 0.6 is 0 Å². The number of nitrogens with one attached hydrogen (secondary N) is 2. The van der Waals surface area contributed by atoms with Gasteiger partial charge in [-0.3, -0.25) is 4.72 Å². The SMILES string of the molecule is O=S(=O)(Nc1ccccc1-c1ccc2nc(C3CC3c3cccc(C(F)(F)F)c3)[nH]c2c1)C(F)(F)F. The maximum absolute atomic E-state index is 13.1. The zero-order valence-electron chi connectivity index (χ0n) is 18.2. The van der Waals surface area contributed by atoms with Crippen LogP contribution in [0.4, 0.5) is 32.0 Å². The minimum absolute atomic E-state index is 0.102. The number of hydrogen-bond donors (Lipinski definition) is 2. The van der Waals surface area contributed by atoms with Crippen LogP contribution in [0.5, 0.6) is 0 Å². The van der Waals surface area contributed by atoms with Gasteiger partial charge in [0, 0.05) is 11.5 Å². The van der Waals surface area contributed by atoms with E-state index in [2.05, 4.69) is 9.97 Å². The second-order valence-corrected chi connectivity index (χ2v) is 10.2. The molecule has 188 valence electrons. The highest BCUT2D eigenvalue weighted by Gasteiger charge is 2.46. The number of benzene rings is 3. The summed E-state index contributed by atoms with van der Waals surface area (Å²) in [4.78, 5) is 7.68. The number of para-hydroxylation sites is 1. The van der Waals surface area contributed by atoms with Gasteiger partial charge in [0.1, 0.15) is 5.82 Å². The molecule has 36 heavy (non-hydrogen) atoms. The van der Waals surface area contributed by atoms with E-state index in [-0.39, 0.29) is 23.1 Å². The van der Waals surface area contributed by atoms with E-state index in [1.807, 2.05) is 0 Å². The molecule has 2 atom stereocenters. The van der Waals surface area contributed by atoms with E-state index in [1.165, 1.54) is 24.3 Å². The Labute approximate surface area is 201 Å². The minimum atomic E-state index is -5.61. The summed E-state index contributed by atoms with van der Waals surface area (Å²) in [5.41, 5.74) is -4.03. The lowest BCUT2D eigenvalue weighted by Gasteiger charge is -2.14. The first-order chi connectivity index (χ1) is 16.8. The number of imidazole rings is 1. The summed E-state index contributed by atoms with van der Waals surface area (Å²) >= 11 is 0. The quantitative estimate of drug-likeness (QED) is 0.282. The van der Waals surface area contributed by atoms with E-state index in [0.717, 1.165) is 12.1 Å². The number of alkyl halides is 6. The highest BCUT2D eigenvalue weighted by Crippen LogP contribution is 2.54. The van der Waals surface area contributed by atoms with E-state index >= 15 is 0 Å². The monoisotopic (exact) mass is 525 g/mol. The topological polar surface area (TPSA) is 74.8 Å². The molecule has 12 heteroatoms. The fraction of sp³-hybridized carbons (Fsp3) is 0.208. The summed E-state index contributed by atoms with van der Waals surface area (Å²) in [6, 6.07) is 15.8. The first-order valence-electron chi connectivity index (χ1n) is 10.7. The number of anilines is 1. The van der Waals surface area contributed by atoms with Gasteiger partial charge in [-0.1, -0.05) is 42.5 Å². The average Bonchev–Trinajstić information content (AvgIpc) is 3.49. The second-order valence-electron chi connectivity index (χ2n) is 8.52. The molecule has 0 bridgehead atoms. The molecule has 4 aromatic rings. The summed E-state index contributed by atoms with van der Waals surface area (Å²) in [5.74, 6) is 0.371. The van der Waals surface area contributed by atoms with E-state index in [0.29, 0.717) is 34.4 Å². The number of H-pyrrole nitrogens is 1. The van der Waals surface area contributed by atoms with Crippen LogP contribution in [0.15, 0.2) is 66.7 Å². The van der Waals surface area contributed by atoms with Crippen molar-refractivity contribution >= 4 is 26.7 Å². The van der Waals surface area contributed by atoms with Gasteiger partial charge >= 0.3 is 21.7 Å². The third-order valence-electron chi connectivity index (χ3n) is 6.07. The third kappa shape index (κ3) is 4.52. The van der Waals surface area contributed by atoms with E-state index in [1.54, 1.807) is 35.1 Å². The number of fused-ring (bicyclic) bond motifs is 1. The molecule has 0 spiro atoms. The van der Waals surface area contributed by atoms with Crippen molar-refractivity contribution in [3.63, 3.8) is 0 Å². The Kier molecular flexibility index (Phi) is 5.54. The molecule has 0 radical (unpaired) electrons. The molecular formula is C24H17F6N3O2S. The molecule has 1 fully saturated rings. The molecule has 2 unspecified atom stereocenters. The Bertz CT molecular complexity index is 1560. The van der Waals surface area contributed by atoms with Crippen molar-refractivity contribution in [1.29, 1.82) is 0 Å². The van der Waals surface area contributed by atoms with Crippen LogP contribution in [0.2, 0.25) is 0 Å². The van der Waals surface area contributed by atoms with Crippen LogP contribution in [0.1, 0.15) is 35.2 Å². The predicted molar refractivity (Wildman–Crippen MR) is 122 cm³/mol. The van der Waals surface area contributed by atoms with Gasteiger partial charge in [-0.2, -0.15) is 34.8 Å². The first kappa shape index (κ1) is 24.2. The molecule has 2 N–H and O–H groups in total. The molecule has 5 nitrogen and oxygen atoms in total. The van der Waals surface area contributed by atoms with Crippen LogP contribution in [0.3, 0.4) is 0 Å². The maximum Gasteiger partial charge on any atom is 0.516 e. The Morgan fingerprint density at radius 3 is 2.36 bits per heavy atom. The van der Waals surface area contributed by atoms with Gasteiger partial charge in [-0.15, -0.1) is 0 Å². The summed E-state index contributed by atoms with van der Waals surface area (Å²) < 4.78 is 103. The Hall–Kier alpha value is -3.54. The minimum Gasteiger partial charge on any atom is -0.342 e. The molecule has 1 aliphatic rings. The standard InChI is InChI=1S/C24H17F6N3O2S/c25-23(26,27)15-5-3-4-13(10-15)17-12-18(17)22-31-20-9-8-14(11-21(20)32-22)16-6-1-2-7-19(16)33-36(34,35)24(28,29)30/h1-11,17-18,33H,12H2,(H,31,32). The maximum atomic E-state index is 13.1. The number of hydrogen-bond acceptors (Lipinski definition) is 3. The van der Waals surface area contributed by atoms with Gasteiger partial charge < -0.3 is 4.98 Å². The molecule has 0 aliphatic heterocycles. The van der Waals surface area contributed by atoms with Crippen molar-refractivity contribution in [3.8, 4) is 11.1 Å². The number of aromatic amines is 1. The molecule has 0 amide bonds. The summed E-state index contributed by atoms with van der Waals surface area (Å²) in [5, 5.41) is 0. The second kappa shape index (κ2) is 8.26. The number of rotatable bonds is 5. The smallest absolute Gasteiger partial charge is 0.342 e. The number of halogens is 6. The summed E-state index contributed by atoms with van der Waals surface area (Å²) in [6.45, 7) is 0. The van der Waals surface area contributed by atoms with Crippen molar-refractivity contribution in [2.45, 2.75) is 29.9 Å². The average molecular weight is 525 g/mol. The molecule has 1 saturated carbocycles. The lowest BCUT2D eigenvalue weighted by atomic mass is 10.0. The molecule has 1 aliphatic carbocycles. The van der Waals surface area contributed by atoms with Crippen molar-refractivity contribution < 1.29 is 34.8 Å². The fourth-order valence-electron chi connectivity index (χ4n) is 4.21. The van der Waals surface area contributed by atoms with E-state index in [4.69, 9.17) is 0 Å². The lowest BCUT2D eigenvalue weighted by Crippen LogP contribution is -2.30. The number of aromatic nitrogens is 2. The first-order valence-corrected chi connectivity index (χ1v) is 12.2. The highest BCUT2D eigenvalue weighted by atomic mass is 32.2. The molecular weight excluding hydrogens is 508 g/mol. The molecule has 1 heterocycles. The van der Waals surface area contributed by atoms with Gasteiger partial charge in [-0.05, 0) is 47.7 Å². The van der Waals surface area contributed by atoms with Crippen molar-refractivity contribution in [1.82, 2.24) is 9.97 Å². The Balaban J connectivity index is 1.43. The van der Waals surface area contributed by atoms with Crippen LogP contribution < -0.4 is 4.72 Å². The van der Waals surface area contributed by atoms with Gasteiger partial charge in [-0.25, -0.2) is 4.98 Å². The van der Waals surface area contributed by atoms with Gasteiger partial charge in [0.05, 0.1) is 22.3 Å². The van der Waals surface area contributed by atoms with Crippen molar-refractivity contribution in [3.05, 3.63) is 83.7 Å². The van der Waals surface area contributed by atoms with Crippen LogP contribution in [0.25, 0.3) is 22.2 Å². The predicted octanol–water partition coefficient (Wildman–Crippen LogP) is 6.78. The normalized spacial score (nSPS) is 18.4. The lowest BCUT2D eigenvalue weighted by molar-refractivity contribution is -0.137. The summed E-state index contributed by atoms with van der Waals surface area (Å²) in [6.07, 6.45) is -3.81. The Morgan fingerprint density at radius 2 is 1.64 bits per heavy atom. The zero-order valence-corrected chi connectivity index (χ0v) is 19.0. The number of nitrogens with zero attached hydrogens (tertiary/aromatic N) is 1. The van der Waals surface area contributed by atoms with Crippen LogP contribution in [-0.4, -0.2) is 23.9 Å². The Morgan fingerprint density at radius 1 is 0.889 bits per heavy atom. The molecule has 0 saturated heterocycles. The van der Waals surface area contributed by atoms with Gasteiger partial charge in [0.2, 0.25) is 0 Å². The number of sulfonamides is 1. The molecule has 5 rings (SSSR count). The van der Waals surface area contributed by atoms with Gasteiger partial charge in [0.25, 0.3) is 0 Å². The highest BCUT2D eigenvalue weighted by molar-refractivity contribution is 7.93. The zero-order chi connectivity index (χ0) is 25.9. The summed E-state index contributed by atoms with van der Waals surface area (Å²) in [7, 11) is -5.61. The largest absolute Gasteiger partial charge is 0.516 e. The van der Waals surface area contributed by atoms with Crippen LogP contribution in [0, 0.1) is 0 Å². The molecule has 1 aromatic heterocycles.